The number of benzene rings is 1. The summed E-state index contributed by atoms with van der Waals surface area (Å²) in [4.78, 5) is 0. The highest BCUT2D eigenvalue weighted by molar-refractivity contribution is 5.17. The molecule has 0 saturated carbocycles. The molecule has 1 atom stereocenters. The number of hydrogen-bond acceptors (Lipinski definition) is 2. The largest absolute Gasteiger partial charge is 0.395 e. The lowest BCUT2D eigenvalue weighted by Gasteiger charge is -2.04. The Morgan fingerprint density at radius 3 is 2.46 bits per heavy atom. The first-order chi connectivity index (χ1) is 6.26. The summed E-state index contributed by atoms with van der Waals surface area (Å²) in [5.74, 6) is -0.688. The van der Waals surface area contributed by atoms with Crippen LogP contribution in [0.25, 0.3) is 0 Å². The van der Waals surface area contributed by atoms with E-state index in [-0.39, 0.29) is 12.4 Å². The smallest absolute Gasteiger partial charge is 0.123 e. The van der Waals surface area contributed by atoms with Gasteiger partial charge in [-0.3, -0.25) is 0 Å². The van der Waals surface area contributed by atoms with Gasteiger partial charge in [0, 0.05) is 0 Å². The first-order valence-electron chi connectivity index (χ1n) is 4.01. The van der Waals surface area contributed by atoms with Crippen LogP contribution >= 0.6 is 0 Å². The van der Waals surface area contributed by atoms with Crippen LogP contribution in [0.4, 0.5) is 4.39 Å². The fourth-order valence-corrected chi connectivity index (χ4v) is 1.06. The Balaban J connectivity index is 2.64. The van der Waals surface area contributed by atoms with Gasteiger partial charge in [0.15, 0.2) is 0 Å². The highest BCUT2D eigenvalue weighted by Crippen LogP contribution is 2.08. The number of nitriles is 1. The molecule has 0 aliphatic heterocycles. The van der Waals surface area contributed by atoms with Crippen molar-refractivity contribution in [3.8, 4) is 6.07 Å². The molecule has 2 nitrogen and oxygen atoms in total. The van der Waals surface area contributed by atoms with Crippen molar-refractivity contribution in [2.24, 2.45) is 5.92 Å². The third-order valence-electron chi connectivity index (χ3n) is 1.80. The van der Waals surface area contributed by atoms with Gasteiger partial charge in [0.2, 0.25) is 0 Å². The summed E-state index contributed by atoms with van der Waals surface area (Å²) in [6.45, 7) is -0.159. The van der Waals surface area contributed by atoms with E-state index in [1.54, 1.807) is 12.1 Å². The van der Waals surface area contributed by atoms with Gasteiger partial charge in [-0.05, 0) is 24.1 Å². The van der Waals surface area contributed by atoms with E-state index in [1.165, 1.54) is 12.1 Å². The average Bonchev–Trinajstić information content (AvgIpc) is 2.17. The maximum absolute atomic E-state index is 12.5. The fraction of sp³-hybridized carbons (Fsp3) is 0.300. The minimum Gasteiger partial charge on any atom is -0.395 e. The summed E-state index contributed by atoms with van der Waals surface area (Å²) in [5.41, 5.74) is 0.863. The second-order valence-corrected chi connectivity index (χ2v) is 2.84. The van der Waals surface area contributed by atoms with Crippen molar-refractivity contribution in [3.63, 3.8) is 0 Å². The number of aliphatic hydroxyl groups excluding tert-OH is 1. The van der Waals surface area contributed by atoms with E-state index in [2.05, 4.69) is 0 Å². The molecule has 0 aliphatic carbocycles. The Morgan fingerprint density at radius 2 is 2.00 bits per heavy atom. The maximum Gasteiger partial charge on any atom is 0.123 e. The molecule has 0 aromatic heterocycles. The van der Waals surface area contributed by atoms with Crippen LogP contribution in [0, 0.1) is 23.1 Å². The van der Waals surface area contributed by atoms with Gasteiger partial charge in [0.1, 0.15) is 5.82 Å². The summed E-state index contributed by atoms with van der Waals surface area (Å²) in [6.07, 6.45) is 0.466. The molecule has 0 unspecified atom stereocenters. The Bertz CT molecular complexity index is 302. The third-order valence-corrected chi connectivity index (χ3v) is 1.80. The van der Waals surface area contributed by atoms with Crippen molar-refractivity contribution >= 4 is 0 Å². The first-order valence-corrected chi connectivity index (χ1v) is 4.01. The fourth-order valence-electron chi connectivity index (χ4n) is 1.06. The van der Waals surface area contributed by atoms with Crippen molar-refractivity contribution in [3.05, 3.63) is 35.6 Å². The van der Waals surface area contributed by atoms with Gasteiger partial charge in [-0.2, -0.15) is 5.26 Å². The van der Waals surface area contributed by atoms with Gasteiger partial charge in [0.05, 0.1) is 18.6 Å². The van der Waals surface area contributed by atoms with Gasteiger partial charge in [-0.15, -0.1) is 0 Å². The number of halogens is 1. The lowest BCUT2D eigenvalue weighted by atomic mass is 10.0. The first kappa shape index (κ1) is 9.69. The molecule has 68 valence electrons. The Labute approximate surface area is 76.2 Å². The van der Waals surface area contributed by atoms with Crippen molar-refractivity contribution in [1.29, 1.82) is 5.26 Å². The Morgan fingerprint density at radius 1 is 1.38 bits per heavy atom. The van der Waals surface area contributed by atoms with Crippen molar-refractivity contribution in [2.45, 2.75) is 6.42 Å². The van der Waals surface area contributed by atoms with Crippen LogP contribution < -0.4 is 0 Å². The lowest BCUT2D eigenvalue weighted by molar-refractivity contribution is 0.255. The van der Waals surface area contributed by atoms with Gasteiger partial charge in [0.25, 0.3) is 0 Å². The molecule has 0 amide bonds. The number of hydrogen-bond donors (Lipinski definition) is 1. The van der Waals surface area contributed by atoms with E-state index in [9.17, 15) is 4.39 Å². The summed E-state index contributed by atoms with van der Waals surface area (Å²) in [7, 11) is 0. The maximum atomic E-state index is 12.5. The van der Waals surface area contributed by atoms with Crippen molar-refractivity contribution in [2.75, 3.05) is 6.61 Å². The zero-order valence-corrected chi connectivity index (χ0v) is 7.07. The molecule has 0 saturated heterocycles. The summed E-state index contributed by atoms with van der Waals surface area (Å²) >= 11 is 0. The molecule has 1 aromatic carbocycles. The number of aliphatic hydroxyl groups is 1. The van der Waals surface area contributed by atoms with Crippen LogP contribution in [0.1, 0.15) is 5.56 Å². The second-order valence-electron chi connectivity index (χ2n) is 2.84. The average molecular weight is 179 g/mol. The molecule has 0 bridgehead atoms. The van der Waals surface area contributed by atoms with Crippen LogP contribution in [-0.4, -0.2) is 11.7 Å². The normalized spacial score (nSPS) is 12.1. The van der Waals surface area contributed by atoms with Gasteiger partial charge < -0.3 is 5.11 Å². The van der Waals surface area contributed by atoms with Crippen LogP contribution in [0.3, 0.4) is 0 Å². The Kier molecular flexibility index (Phi) is 3.41. The lowest BCUT2D eigenvalue weighted by Crippen LogP contribution is -2.06. The molecule has 0 fully saturated rings. The molecule has 0 radical (unpaired) electrons. The molecule has 1 aromatic rings. The van der Waals surface area contributed by atoms with Crippen molar-refractivity contribution in [1.82, 2.24) is 0 Å². The molecule has 0 heterocycles. The zero-order chi connectivity index (χ0) is 9.68. The molecular formula is C10H10FNO. The summed E-state index contributed by atoms with van der Waals surface area (Å²) in [5, 5.41) is 17.3. The van der Waals surface area contributed by atoms with Crippen LogP contribution in [0.5, 0.6) is 0 Å². The minimum absolute atomic E-state index is 0.159. The van der Waals surface area contributed by atoms with Gasteiger partial charge in [-0.1, -0.05) is 12.1 Å². The molecule has 0 aliphatic rings. The topological polar surface area (TPSA) is 44.0 Å². The molecule has 3 heteroatoms. The number of rotatable bonds is 3. The van der Waals surface area contributed by atoms with Crippen LogP contribution in [0.15, 0.2) is 24.3 Å². The molecular weight excluding hydrogens is 169 g/mol. The Hall–Kier alpha value is -1.40. The third kappa shape index (κ3) is 2.85. The van der Waals surface area contributed by atoms with Gasteiger partial charge in [-0.25, -0.2) is 4.39 Å². The van der Waals surface area contributed by atoms with Gasteiger partial charge >= 0.3 is 0 Å². The highest BCUT2D eigenvalue weighted by Gasteiger charge is 2.06. The SMILES string of the molecule is N#C[C@H](CO)Cc1ccc(F)cc1. The van der Waals surface area contributed by atoms with E-state index in [4.69, 9.17) is 10.4 Å². The molecule has 13 heavy (non-hydrogen) atoms. The van der Waals surface area contributed by atoms with Crippen molar-refractivity contribution < 1.29 is 9.50 Å². The molecule has 1 N–H and O–H groups in total. The van der Waals surface area contributed by atoms with E-state index in [0.717, 1.165) is 5.56 Å². The van der Waals surface area contributed by atoms with Crippen LogP contribution in [-0.2, 0) is 6.42 Å². The quantitative estimate of drug-likeness (QED) is 0.764. The monoisotopic (exact) mass is 179 g/mol. The van der Waals surface area contributed by atoms with E-state index in [0.29, 0.717) is 6.42 Å². The van der Waals surface area contributed by atoms with E-state index in [1.807, 2.05) is 6.07 Å². The predicted octanol–water partition coefficient (Wildman–Crippen LogP) is 1.50. The summed E-state index contributed by atoms with van der Waals surface area (Å²) in [6, 6.07) is 7.91. The highest BCUT2D eigenvalue weighted by atomic mass is 19.1. The standard InChI is InChI=1S/C10H10FNO/c11-10-3-1-8(2-4-10)5-9(6-12)7-13/h1-4,9,13H,5,7H2/t9-/m1/s1. The van der Waals surface area contributed by atoms with E-state index >= 15 is 0 Å². The van der Waals surface area contributed by atoms with Crippen LogP contribution in [0.2, 0.25) is 0 Å². The predicted molar refractivity (Wildman–Crippen MR) is 46.3 cm³/mol. The number of nitrogens with zero attached hydrogens (tertiary/aromatic N) is 1. The molecule has 0 spiro atoms. The minimum atomic E-state index is -0.398. The van der Waals surface area contributed by atoms with E-state index < -0.39 is 5.92 Å². The zero-order valence-electron chi connectivity index (χ0n) is 7.07. The molecule has 1 rings (SSSR count). The summed E-state index contributed by atoms with van der Waals surface area (Å²) < 4.78 is 12.5. The second kappa shape index (κ2) is 4.58.